The Morgan fingerprint density at radius 2 is 1.74 bits per heavy atom. The Kier molecular flexibility index (Phi) is 8.60. The third-order valence-corrected chi connectivity index (χ3v) is 7.41. The molecule has 1 heterocycles. The van der Waals surface area contributed by atoms with E-state index < -0.39 is 17.6 Å². The summed E-state index contributed by atoms with van der Waals surface area (Å²) in [4.78, 5) is 41.7. The second-order valence-corrected chi connectivity index (χ2v) is 11.1. The van der Waals surface area contributed by atoms with Gasteiger partial charge in [0.2, 0.25) is 11.8 Å². The van der Waals surface area contributed by atoms with Crippen molar-refractivity contribution in [3.05, 3.63) is 94.5 Å². The largest absolute Gasteiger partial charge is 0.350 e. The lowest BCUT2D eigenvalue weighted by Crippen LogP contribution is -2.53. The molecule has 0 aliphatic carbocycles. The van der Waals surface area contributed by atoms with Crippen LogP contribution < -0.4 is 20.9 Å². The number of para-hydroxylation sites is 1. The van der Waals surface area contributed by atoms with E-state index in [0.717, 1.165) is 23.1 Å². The van der Waals surface area contributed by atoms with E-state index in [1.165, 1.54) is 4.90 Å². The van der Waals surface area contributed by atoms with Gasteiger partial charge in [0.05, 0.1) is 0 Å². The van der Waals surface area contributed by atoms with Gasteiger partial charge in [-0.1, -0.05) is 61.0 Å². The van der Waals surface area contributed by atoms with Gasteiger partial charge >= 0.3 is 6.03 Å². The van der Waals surface area contributed by atoms with E-state index in [9.17, 15) is 14.4 Å². The third-order valence-electron chi connectivity index (χ3n) is 7.16. The van der Waals surface area contributed by atoms with Gasteiger partial charge in [-0.2, -0.15) is 0 Å². The Balaban J connectivity index is 1.70. The van der Waals surface area contributed by atoms with Crippen molar-refractivity contribution in [1.29, 1.82) is 0 Å². The fraction of sp³-hybridized carbons (Fsp3) is 0.323. The van der Waals surface area contributed by atoms with Crippen LogP contribution in [0.1, 0.15) is 56.2 Å². The van der Waals surface area contributed by atoms with Gasteiger partial charge in [-0.25, -0.2) is 4.79 Å². The summed E-state index contributed by atoms with van der Waals surface area (Å²) >= 11 is 6.16. The standard InChI is InChI=1S/C31H35ClN4O3/c1-5-31(3,4)35-28(37)19-36-27-12-7-6-11-24(27)25(21-13-15-22(32)16-14-21)18-26(29(36)38)34-30(39)33-23-10-8-9-20(2)17-23/h6-17,25-26H,5,18-19H2,1-4H3,(H,35,37)(H2,33,34,39). The van der Waals surface area contributed by atoms with Crippen LogP contribution in [0.25, 0.3) is 0 Å². The molecular weight excluding hydrogens is 512 g/mol. The molecule has 39 heavy (non-hydrogen) atoms. The summed E-state index contributed by atoms with van der Waals surface area (Å²) < 4.78 is 0. The Hall–Kier alpha value is -3.84. The van der Waals surface area contributed by atoms with Crippen molar-refractivity contribution < 1.29 is 14.4 Å². The number of rotatable bonds is 7. The van der Waals surface area contributed by atoms with Gasteiger partial charge in [-0.3, -0.25) is 9.59 Å². The lowest BCUT2D eigenvalue weighted by atomic mass is 9.86. The topological polar surface area (TPSA) is 90.5 Å². The molecule has 1 aliphatic heterocycles. The second kappa shape index (κ2) is 11.9. The molecule has 0 aromatic heterocycles. The first kappa shape index (κ1) is 28.2. The fourth-order valence-electron chi connectivity index (χ4n) is 4.79. The minimum Gasteiger partial charge on any atom is -0.350 e. The van der Waals surface area contributed by atoms with E-state index in [1.807, 2.05) is 94.4 Å². The number of benzene rings is 3. The number of nitrogens with one attached hydrogen (secondary N) is 3. The third kappa shape index (κ3) is 6.98. The molecule has 4 rings (SSSR count). The van der Waals surface area contributed by atoms with E-state index in [0.29, 0.717) is 22.8 Å². The molecule has 0 bridgehead atoms. The van der Waals surface area contributed by atoms with Crippen molar-refractivity contribution in [2.75, 3.05) is 16.8 Å². The first-order chi connectivity index (χ1) is 18.6. The fourth-order valence-corrected chi connectivity index (χ4v) is 4.92. The Labute approximate surface area is 234 Å². The molecule has 7 nitrogen and oxygen atoms in total. The number of nitrogens with zero attached hydrogens (tertiary/aromatic N) is 1. The monoisotopic (exact) mass is 546 g/mol. The average molecular weight is 547 g/mol. The Morgan fingerprint density at radius 3 is 2.44 bits per heavy atom. The minimum atomic E-state index is -0.880. The highest BCUT2D eigenvalue weighted by molar-refractivity contribution is 6.30. The van der Waals surface area contributed by atoms with Gasteiger partial charge in [-0.15, -0.1) is 0 Å². The molecule has 0 saturated heterocycles. The molecule has 3 N–H and O–H groups in total. The molecule has 3 aromatic carbocycles. The Bertz CT molecular complexity index is 1360. The summed E-state index contributed by atoms with van der Waals surface area (Å²) in [5.74, 6) is -0.826. The summed E-state index contributed by atoms with van der Waals surface area (Å²) in [6.45, 7) is 7.66. The maximum Gasteiger partial charge on any atom is 0.319 e. The number of fused-ring (bicyclic) bond motifs is 1. The molecule has 2 atom stereocenters. The first-order valence-corrected chi connectivity index (χ1v) is 13.5. The number of anilines is 2. The van der Waals surface area contributed by atoms with Crippen LogP contribution in [0.5, 0.6) is 0 Å². The summed E-state index contributed by atoms with van der Waals surface area (Å²) in [5, 5.41) is 9.35. The highest BCUT2D eigenvalue weighted by Crippen LogP contribution is 2.39. The van der Waals surface area contributed by atoms with Gasteiger partial charge in [-0.05, 0) is 80.6 Å². The molecule has 3 aromatic rings. The maximum absolute atomic E-state index is 14.0. The molecule has 2 unspecified atom stereocenters. The Morgan fingerprint density at radius 1 is 1.03 bits per heavy atom. The molecule has 0 fully saturated rings. The van der Waals surface area contributed by atoms with Gasteiger partial charge < -0.3 is 20.9 Å². The van der Waals surface area contributed by atoms with Crippen molar-refractivity contribution in [1.82, 2.24) is 10.6 Å². The molecule has 1 aliphatic rings. The van der Waals surface area contributed by atoms with Gasteiger partial charge in [0.1, 0.15) is 12.6 Å². The molecule has 8 heteroatoms. The lowest BCUT2D eigenvalue weighted by molar-refractivity contribution is -0.125. The smallest absolute Gasteiger partial charge is 0.319 e. The van der Waals surface area contributed by atoms with E-state index in [1.54, 1.807) is 6.07 Å². The number of hydrogen-bond acceptors (Lipinski definition) is 3. The number of aryl methyl sites for hydroxylation is 1. The highest BCUT2D eigenvalue weighted by atomic mass is 35.5. The molecule has 0 radical (unpaired) electrons. The van der Waals surface area contributed by atoms with Gasteiger partial charge in [0, 0.05) is 27.9 Å². The number of halogens is 1. The van der Waals surface area contributed by atoms with Crippen molar-refractivity contribution in [3.63, 3.8) is 0 Å². The summed E-state index contributed by atoms with van der Waals surface area (Å²) in [7, 11) is 0. The van der Waals surface area contributed by atoms with Gasteiger partial charge in [0.25, 0.3) is 0 Å². The highest BCUT2D eigenvalue weighted by Gasteiger charge is 2.37. The number of carbonyl (C=O) groups is 3. The van der Waals surface area contributed by atoms with Crippen LogP contribution in [0.4, 0.5) is 16.2 Å². The number of urea groups is 1. The van der Waals surface area contributed by atoms with Crippen molar-refractivity contribution in [2.45, 2.75) is 58.0 Å². The second-order valence-electron chi connectivity index (χ2n) is 10.6. The van der Waals surface area contributed by atoms with Crippen LogP contribution in [-0.4, -0.2) is 36.0 Å². The summed E-state index contributed by atoms with van der Waals surface area (Å²) in [5.41, 5.74) is 3.73. The quantitative estimate of drug-likeness (QED) is 0.339. The predicted molar refractivity (Wildman–Crippen MR) is 156 cm³/mol. The first-order valence-electron chi connectivity index (χ1n) is 13.2. The molecule has 4 amide bonds. The number of carbonyl (C=O) groups excluding carboxylic acids is 3. The van der Waals surface area contributed by atoms with Crippen molar-refractivity contribution in [3.8, 4) is 0 Å². The molecule has 0 saturated carbocycles. The van der Waals surface area contributed by atoms with Crippen LogP contribution in [0.3, 0.4) is 0 Å². The van der Waals surface area contributed by atoms with Crippen molar-refractivity contribution >= 4 is 40.8 Å². The lowest BCUT2D eigenvalue weighted by Gasteiger charge is -2.29. The zero-order valence-corrected chi connectivity index (χ0v) is 23.5. The zero-order chi connectivity index (χ0) is 28.2. The normalized spacial score (nSPS) is 17.2. The molecular formula is C31H35ClN4O3. The van der Waals surface area contributed by atoms with Crippen LogP contribution in [0, 0.1) is 6.92 Å². The molecule has 204 valence electrons. The maximum atomic E-state index is 14.0. The van der Waals surface area contributed by atoms with E-state index in [-0.39, 0.29) is 24.3 Å². The number of amides is 4. The van der Waals surface area contributed by atoms with Crippen LogP contribution in [-0.2, 0) is 9.59 Å². The number of hydrogen-bond donors (Lipinski definition) is 3. The SMILES string of the molecule is CCC(C)(C)NC(=O)CN1C(=O)C(NC(=O)Nc2cccc(C)c2)CC(c2ccc(Cl)cc2)c2ccccc21. The van der Waals surface area contributed by atoms with Gasteiger partial charge in [0.15, 0.2) is 0 Å². The van der Waals surface area contributed by atoms with E-state index in [4.69, 9.17) is 11.6 Å². The predicted octanol–water partition coefficient (Wildman–Crippen LogP) is 6.01. The average Bonchev–Trinajstić information content (AvgIpc) is 3.00. The molecule has 0 spiro atoms. The van der Waals surface area contributed by atoms with E-state index in [2.05, 4.69) is 16.0 Å². The van der Waals surface area contributed by atoms with E-state index >= 15 is 0 Å². The van der Waals surface area contributed by atoms with Crippen LogP contribution in [0.15, 0.2) is 72.8 Å². The zero-order valence-electron chi connectivity index (χ0n) is 22.8. The summed E-state index contributed by atoms with van der Waals surface area (Å²) in [6.07, 6.45) is 1.06. The minimum absolute atomic E-state index is 0.162. The van der Waals surface area contributed by atoms with Crippen molar-refractivity contribution in [2.24, 2.45) is 0 Å². The summed E-state index contributed by atoms with van der Waals surface area (Å²) in [6, 6.07) is 21.2. The van der Waals surface area contributed by atoms with Crippen LogP contribution >= 0.6 is 11.6 Å². The van der Waals surface area contributed by atoms with Crippen LogP contribution in [0.2, 0.25) is 5.02 Å².